The normalized spacial score (nSPS) is 11.5. The van der Waals surface area contributed by atoms with E-state index in [9.17, 15) is 4.39 Å². The van der Waals surface area contributed by atoms with Gasteiger partial charge < -0.3 is 10.1 Å². The summed E-state index contributed by atoms with van der Waals surface area (Å²) in [6.07, 6.45) is 0. The number of hydrogen-bond donors (Lipinski definition) is 1. The second-order valence-corrected chi connectivity index (χ2v) is 6.60. The van der Waals surface area contributed by atoms with Crippen molar-refractivity contribution in [1.82, 2.24) is 5.32 Å². The highest BCUT2D eigenvalue weighted by Crippen LogP contribution is 2.30. The summed E-state index contributed by atoms with van der Waals surface area (Å²) in [4.78, 5) is 0. The lowest BCUT2D eigenvalue weighted by atomic mass is 10.1. The van der Waals surface area contributed by atoms with Gasteiger partial charge in [0.05, 0.1) is 9.50 Å². The Bertz CT molecular complexity index is 471. The highest BCUT2D eigenvalue weighted by molar-refractivity contribution is 9.10. The van der Waals surface area contributed by atoms with Gasteiger partial charge in [-0.2, -0.15) is 0 Å². The lowest BCUT2D eigenvalue weighted by molar-refractivity contribution is 0.338. The Kier molecular flexibility index (Phi) is 5.83. The summed E-state index contributed by atoms with van der Waals surface area (Å²) in [6, 6.07) is 2.74. The molecule has 0 bridgehead atoms. The van der Waals surface area contributed by atoms with Crippen LogP contribution in [0.1, 0.15) is 20.8 Å². The van der Waals surface area contributed by atoms with Crippen LogP contribution in [0.25, 0.3) is 0 Å². The van der Waals surface area contributed by atoms with Crippen molar-refractivity contribution < 1.29 is 9.13 Å². The average Bonchev–Trinajstić information content (AvgIpc) is 2.28. The van der Waals surface area contributed by atoms with E-state index in [2.05, 4.69) is 48.6 Å². The molecule has 1 aromatic carbocycles. The number of ether oxygens (including phenoxy) is 1. The van der Waals surface area contributed by atoms with Gasteiger partial charge in [-0.3, -0.25) is 0 Å². The lowest BCUT2D eigenvalue weighted by Crippen LogP contribution is -2.37. The Labute approximate surface area is 127 Å². The van der Waals surface area contributed by atoms with Crippen LogP contribution in [0.5, 0.6) is 5.75 Å². The SMILES string of the molecule is C=C(CNC(C)(C)C)COc1cc(F)c(Cl)cc1Br. The van der Waals surface area contributed by atoms with Gasteiger partial charge in [-0.1, -0.05) is 18.2 Å². The first-order chi connectivity index (χ1) is 8.69. The molecule has 1 aromatic rings. The van der Waals surface area contributed by atoms with Gasteiger partial charge in [0.2, 0.25) is 0 Å². The summed E-state index contributed by atoms with van der Waals surface area (Å²) >= 11 is 8.94. The van der Waals surface area contributed by atoms with Gasteiger partial charge in [-0.15, -0.1) is 0 Å². The molecular formula is C14H18BrClFNO. The van der Waals surface area contributed by atoms with Gasteiger partial charge in [0.15, 0.2) is 0 Å². The molecule has 0 saturated carbocycles. The molecule has 0 heterocycles. The lowest BCUT2D eigenvalue weighted by Gasteiger charge is -2.21. The van der Waals surface area contributed by atoms with Crippen molar-refractivity contribution in [2.75, 3.05) is 13.2 Å². The van der Waals surface area contributed by atoms with Crippen LogP contribution in [0.2, 0.25) is 5.02 Å². The summed E-state index contributed by atoms with van der Waals surface area (Å²) in [7, 11) is 0. The van der Waals surface area contributed by atoms with E-state index >= 15 is 0 Å². The molecule has 0 saturated heterocycles. The molecule has 0 unspecified atom stereocenters. The first kappa shape index (κ1) is 16.5. The third-order valence-electron chi connectivity index (χ3n) is 2.28. The minimum absolute atomic E-state index is 0.0237. The molecule has 0 aliphatic rings. The summed E-state index contributed by atoms with van der Waals surface area (Å²) in [5, 5.41) is 3.37. The van der Waals surface area contributed by atoms with Crippen LogP contribution in [0.15, 0.2) is 28.8 Å². The van der Waals surface area contributed by atoms with Crippen molar-refractivity contribution in [1.29, 1.82) is 0 Å². The van der Waals surface area contributed by atoms with E-state index in [0.29, 0.717) is 23.4 Å². The minimum atomic E-state index is -0.502. The summed E-state index contributed by atoms with van der Waals surface area (Å²) in [6.45, 7) is 11.1. The summed E-state index contributed by atoms with van der Waals surface area (Å²) in [5.41, 5.74) is 0.910. The Hall–Kier alpha value is -0.580. The highest BCUT2D eigenvalue weighted by Gasteiger charge is 2.11. The second kappa shape index (κ2) is 6.73. The van der Waals surface area contributed by atoms with Gasteiger partial charge >= 0.3 is 0 Å². The first-order valence-corrected chi connectivity index (χ1v) is 7.05. The molecule has 0 aromatic heterocycles. The molecule has 0 fully saturated rings. The van der Waals surface area contributed by atoms with Crippen LogP contribution in [0.4, 0.5) is 4.39 Å². The van der Waals surface area contributed by atoms with E-state index in [1.165, 1.54) is 12.1 Å². The van der Waals surface area contributed by atoms with Crippen molar-refractivity contribution in [3.8, 4) is 5.75 Å². The fourth-order valence-corrected chi connectivity index (χ4v) is 1.99. The van der Waals surface area contributed by atoms with Gasteiger partial charge in [-0.25, -0.2) is 4.39 Å². The summed E-state index contributed by atoms with van der Waals surface area (Å²) < 4.78 is 19.5. The van der Waals surface area contributed by atoms with Gasteiger partial charge in [0.1, 0.15) is 18.2 Å². The van der Waals surface area contributed by atoms with E-state index < -0.39 is 5.82 Å². The molecule has 2 nitrogen and oxygen atoms in total. The Morgan fingerprint density at radius 3 is 2.68 bits per heavy atom. The predicted molar refractivity (Wildman–Crippen MR) is 81.5 cm³/mol. The Balaban J connectivity index is 2.53. The quantitative estimate of drug-likeness (QED) is 0.620. The van der Waals surface area contributed by atoms with E-state index in [0.717, 1.165) is 5.57 Å². The van der Waals surface area contributed by atoms with Crippen LogP contribution in [-0.4, -0.2) is 18.7 Å². The number of halogens is 3. The molecule has 106 valence electrons. The molecule has 0 radical (unpaired) electrons. The van der Waals surface area contributed by atoms with Crippen LogP contribution in [0, 0.1) is 5.82 Å². The summed E-state index contributed by atoms with van der Waals surface area (Å²) in [5.74, 6) is -0.0860. The third kappa shape index (κ3) is 5.93. The maximum absolute atomic E-state index is 13.3. The molecule has 0 aliphatic heterocycles. The predicted octanol–water partition coefficient (Wildman–Crippen LogP) is 4.56. The second-order valence-electron chi connectivity index (χ2n) is 5.34. The van der Waals surface area contributed by atoms with Crippen molar-refractivity contribution in [3.63, 3.8) is 0 Å². The number of rotatable bonds is 5. The van der Waals surface area contributed by atoms with Crippen molar-refractivity contribution in [3.05, 3.63) is 39.6 Å². The van der Waals surface area contributed by atoms with Crippen LogP contribution in [0.3, 0.4) is 0 Å². The smallest absolute Gasteiger partial charge is 0.145 e. The van der Waals surface area contributed by atoms with Gasteiger partial charge in [-0.05, 0) is 48.3 Å². The van der Waals surface area contributed by atoms with Crippen molar-refractivity contribution in [2.45, 2.75) is 26.3 Å². The Morgan fingerprint density at radius 1 is 1.47 bits per heavy atom. The number of hydrogen-bond acceptors (Lipinski definition) is 2. The van der Waals surface area contributed by atoms with Crippen LogP contribution in [-0.2, 0) is 0 Å². The zero-order chi connectivity index (χ0) is 14.6. The van der Waals surface area contributed by atoms with E-state index in [1.54, 1.807) is 0 Å². The number of nitrogens with one attached hydrogen (secondary N) is 1. The molecule has 0 spiro atoms. The zero-order valence-corrected chi connectivity index (χ0v) is 13.7. The number of benzene rings is 1. The zero-order valence-electron chi connectivity index (χ0n) is 11.3. The van der Waals surface area contributed by atoms with Crippen molar-refractivity contribution >= 4 is 27.5 Å². The molecule has 0 amide bonds. The van der Waals surface area contributed by atoms with E-state index in [4.69, 9.17) is 16.3 Å². The highest BCUT2D eigenvalue weighted by atomic mass is 79.9. The maximum atomic E-state index is 13.3. The van der Waals surface area contributed by atoms with E-state index in [1.807, 2.05) is 0 Å². The molecule has 1 rings (SSSR count). The largest absolute Gasteiger partial charge is 0.488 e. The maximum Gasteiger partial charge on any atom is 0.145 e. The molecule has 5 heteroatoms. The first-order valence-electron chi connectivity index (χ1n) is 5.88. The molecular weight excluding hydrogens is 333 g/mol. The third-order valence-corrected chi connectivity index (χ3v) is 3.18. The molecule has 19 heavy (non-hydrogen) atoms. The molecule has 1 N–H and O–H groups in total. The monoisotopic (exact) mass is 349 g/mol. The average molecular weight is 351 g/mol. The standard InChI is InChI=1S/C14H18BrClFNO/c1-9(7-18-14(2,3)4)8-19-13-6-12(17)11(16)5-10(13)15/h5-6,18H,1,7-8H2,2-4H3. The van der Waals surface area contributed by atoms with Gasteiger partial charge in [0, 0.05) is 18.2 Å². The minimum Gasteiger partial charge on any atom is -0.488 e. The van der Waals surface area contributed by atoms with Crippen LogP contribution >= 0.6 is 27.5 Å². The Morgan fingerprint density at radius 2 is 2.11 bits per heavy atom. The topological polar surface area (TPSA) is 21.3 Å². The van der Waals surface area contributed by atoms with Crippen molar-refractivity contribution in [2.24, 2.45) is 0 Å². The molecule has 0 atom stereocenters. The fraction of sp³-hybridized carbons (Fsp3) is 0.429. The molecule has 0 aliphatic carbocycles. The van der Waals surface area contributed by atoms with Gasteiger partial charge in [0.25, 0.3) is 0 Å². The van der Waals surface area contributed by atoms with E-state index in [-0.39, 0.29) is 10.6 Å². The fourth-order valence-electron chi connectivity index (χ4n) is 1.24. The van der Waals surface area contributed by atoms with Crippen LogP contribution < -0.4 is 10.1 Å².